The Morgan fingerprint density at radius 3 is 2.21 bits per heavy atom. The lowest BCUT2D eigenvalue weighted by Gasteiger charge is -2.38. The van der Waals surface area contributed by atoms with Crippen LogP contribution in [0.25, 0.3) is 0 Å². The van der Waals surface area contributed by atoms with Gasteiger partial charge in [0.15, 0.2) is 0 Å². The molecule has 0 spiro atoms. The summed E-state index contributed by atoms with van der Waals surface area (Å²) in [4.78, 5) is 2.45. The molecular formula is C14H31NO3Si. The maximum absolute atomic E-state index is 5.76. The van der Waals surface area contributed by atoms with Crippen LogP contribution in [-0.2, 0) is 13.3 Å². The summed E-state index contributed by atoms with van der Waals surface area (Å²) in [7, 11) is 4.88. The molecule has 5 heteroatoms. The molecule has 114 valence electrons. The number of unbranched alkanes of at least 4 members (excludes halogenated alkanes) is 2. The summed E-state index contributed by atoms with van der Waals surface area (Å²) in [6, 6.07) is 0.545. The molecule has 0 saturated carbocycles. The highest BCUT2D eigenvalue weighted by Gasteiger charge is 2.52. The lowest BCUT2D eigenvalue weighted by Crippen LogP contribution is -2.53. The second kappa shape index (κ2) is 8.37. The van der Waals surface area contributed by atoms with Crippen LogP contribution in [0.1, 0.15) is 45.4 Å². The van der Waals surface area contributed by atoms with Crippen LogP contribution < -0.4 is 0 Å². The summed E-state index contributed by atoms with van der Waals surface area (Å²) < 4.78 is 17.3. The van der Waals surface area contributed by atoms with Gasteiger partial charge in [-0.3, -0.25) is 0 Å². The molecule has 0 radical (unpaired) electrons. The molecular weight excluding hydrogens is 258 g/mol. The third kappa shape index (κ3) is 4.01. The van der Waals surface area contributed by atoms with E-state index in [-0.39, 0.29) is 0 Å². The molecule has 4 nitrogen and oxygen atoms in total. The average Bonchev–Trinajstić information content (AvgIpc) is 2.85. The molecule has 1 heterocycles. The fraction of sp³-hybridized carbons (Fsp3) is 1.00. The zero-order chi connectivity index (χ0) is 14.3. The Kier molecular flexibility index (Phi) is 7.53. The van der Waals surface area contributed by atoms with E-state index in [1.54, 1.807) is 21.3 Å². The number of rotatable bonds is 9. The summed E-state index contributed by atoms with van der Waals surface area (Å²) in [5, 5.41) is 0. The molecule has 19 heavy (non-hydrogen) atoms. The molecule has 0 aliphatic carbocycles. The van der Waals surface area contributed by atoms with Gasteiger partial charge < -0.3 is 18.2 Å². The minimum absolute atomic E-state index is 0.395. The van der Waals surface area contributed by atoms with Crippen LogP contribution in [0.15, 0.2) is 0 Å². The Morgan fingerprint density at radius 2 is 1.79 bits per heavy atom. The predicted octanol–water partition coefficient (Wildman–Crippen LogP) is 2.91. The SMILES string of the molecule is CCCCCC(C1CCCN1C)[Si](OC)(OC)OC. The highest BCUT2D eigenvalue weighted by Crippen LogP contribution is 2.39. The Balaban J connectivity index is 2.82. The minimum Gasteiger partial charge on any atom is -0.377 e. The number of hydrogen-bond acceptors (Lipinski definition) is 4. The van der Waals surface area contributed by atoms with Crippen LogP contribution in [0.5, 0.6) is 0 Å². The van der Waals surface area contributed by atoms with E-state index >= 15 is 0 Å². The van der Waals surface area contributed by atoms with Crippen molar-refractivity contribution in [2.45, 2.75) is 57.0 Å². The first-order valence-corrected chi connectivity index (χ1v) is 9.31. The van der Waals surface area contributed by atoms with Crippen molar-refractivity contribution < 1.29 is 13.3 Å². The van der Waals surface area contributed by atoms with Gasteiger partial charge in [-0.05, 0) is 32.9 Å². The van der Waals surface area contributed by atoms with E-state index in [1.165, 1.54) is 38.6 Å². The quantitative estimate of drug-likeness (QED) is 0.482. The second-order valence-electron chi connectivity index (χ2n) is 5.51. The van der Waals surface area contributed by atoms with E-state index in [2.05, 4.69) is 18.9 Å². The van der Waals surface area contributed by atoms with Gasteiger partial charge in [0.2, 0.25) is 0 Å². The molecule has 1 aliphatic rings. The van der Waals surface area contributed by atoms with Crippen molar-refractivity contribution in [2.24, 2.45) is 0 Å². The third-order valence-electron chi connectivity index (χ3n) is 4.47. The monoisotopic (exact) mass is 289 g/mol. The number of hydrogen-bond donors (Lipinski definition) is 0. The fourth-order valence-corrected chi connectivity index (χ4v) is 6.23. The fourth-order valence-electron chi connectivity index (χ4n) is 3.37. The van der Waals surface area contributed by atoms with Crippen LogP contribution in [0.4, 0.5) is 0 Å². The lowest BCUT2D eigenvalue weighted by molar-refractivity contribution is 0.0933. The molecule has 2 atom stereocenters. The Hall–Kier alpha value is 0.0569. The molecule has 0 aromatic carbocycles. The summed E-state index contributed by atoms with van der Waals surface area (Å²) in [6.45, 7) is 3.42. The molecule has 1 aliphatic heterocycles. The Labute approximate surface area is 119 Å². The zero-order valence-electron chi connectivity index (χ0n) is 13.3. The molecule has 0 aromatic rings. The normalized spacial score (nSPS) is 22.9. The molecule has 0 aromatic heterocycles. The van der Waals surface area contributed by atoms with E-state index in [0.29, 0.717) is 11.6 Å². The van der Waals surface area contributed by atoms with Crippen molar-refractivity contribution in [3.8, 4) is 0 Å². The van der Waals surface area contributed by atoms with Gasteiger partial charge in [0.25, 0.3) is 0 Å². The molecule has 1 fully saturated rings. The van der Waals surface area contributed by atoms with Gasteiger partial charge >= 0.3 is 8.80 Å². The molecule has 2 unspecified atom stereocenters. The third-order valence-corrected chi connectivity index (χ3v) is 7.76. The maximum atomic E-state index is 5.76. The van der Waals surface area contributed by atoms with Crippen molar-refractivity contribution in [2.75, 3.05) is 34.9 Å². The molecule has 1 rings (SSSR count). The van der Waals surface area contributed by atoms with Crippen molar-refractivity contribution in [3.63, 3.8) is 0 Å². The van der Waals surface area contributed by atoms with E-state index in [0.717, 1.165) is 6.42 Å². The standard InChI is InChI=1S/C14H31NO3Si/c1-6-7-8-11-14(13-10-9-12-15(13)2)19(16-3,17-4)18-5/h13-14H,6-12H2,1-5H3. The highest BCUT2D eigenvalue weighted by atomic mass is 28.4. The number of nitrogens with zero attached hydrogens (tertiary/aromatic N) is 1. The van der Waals surface area contributed by atoms with Crippen LogP contribution in [0, 0.1) is 0 Å². The maximum Gasteiger partial charge on any atom is 0.505 e. The van der Waals surface area contributed by atoms with Crippen molar-refractivity contribution in [1.29, 1.82) is 0 Å². The number of likely N-dealkylation sites (tertiary alicyclic amines) is 1. The smallest absolute Gasteiger partial charge is 0.377 e. The average molecular weight is 289 g/mol. The summed E-state index contributed by atoms with van der Waals surface area (Å²) in [5.74, 6) is 0. The molecule has 0 bridgehead atoms. The van der Waals surface area contributed by atoms with Crippen molar-refractivity contribution in [3.05, 3.63) is 0 Å². The van der Waals surface area contributed by atoms with Gasteiger partial charge in [-0.15, -0.1) is 0 Å². The first kappa shape index (κ1) is 17.1. The largest absolute Gasteiger partial charge is 0.505 e. The first-order chi connectivity index (χ1) is 9.15. The van der Waals surface area contributed by atoms with Crippen LogP contribution in [0.3, 0.4) is 0 Å². The van der Waals surface area contributed by atoms with Gasteiger partial charge in [0.1, 0.15) is 0 Å². The molecule has 1 saturated heterocycles. The van der Waals surface area contributed by atoms with Crippen molar-refractivity contribution >= 4 is 8.80 Å². The van der Waals surface area contributed by atoms with E-state index < -0.39 is 8.80 Å². The minimum atomic E-state index is -2.55. The van der Waals surface area contributed by atoms with E-state index in [9.17, 15) is 0 Å². The summed E-state index contributed by atoms with van der Waals surface area (Å²) in [5.41, 5.74) is 0.395. The Bertz CT molecular complexity index is 241. The summed E-state index contributed by atoms with van der Waals surface area (Å²) >= 11 is 0. The van der Waals surface area contributed by atoms with Gasteiger partial charge in [-0.25, -0.2) is 0 Å². The van der Waals surface area contributed by atoms with Crippen LogP contribution >= 0.6 is 0 Å². The van der Waals surface area contributed by atoms with Gasteiger partial charge in [0, 0.05) is 32.9 Å². The highest BCUT2D eigenvalue weighted by molar-refractivity contribution is 6.62. The topological polar surface area (TPSA) is 30.9 Å². The van der Waals surface area contributed by atoms with Gasteiger partial charge in [-0.1, -0.05) is 26.2 Å². The van der Waals surface area contributed by atoms with Crippen LogP contribution in [-0.4, -0.2) is 54.7 Å². The van der Waals surface area contributed by atoms with Gasteiger partial charge in [-0.2, -0.15) is 0 Å². The van der Waals surface area contributed by atoms with Crippen LogP contribution in [0.2, 0.25) is 5.54 Å². The Morgan fingerprint density at radius 1 is 1.16 bits per heavy atom. The zero-order valence-corrected chi connectivity index (χ0v) is 14.3. The van der Waals surface area contributed by atoms with E-state index in [1.807, 2.05) is 0 Å². The first-order valence-electron chi connectivity index (χ1n) is 7.50. The second-order valence-corrected chi connectivity index (χ2v) is 8.68. The lowest BCUT2D eigenvalue weighted by atomic mass is 10.0. The van der Waals surface area contributed by atoms with Gasteiger partial charge in [0.05, 0.1) is 0 Å². The van der Waals surface area contributed by atoms with Crippen molar-refractivity contribution in [1.82, 2.24) is 4.90 Å². The predicted molar refractivity (Wildman–Crippen MR) is 80.3 cm³/mol. The molecule has 0 amide bonds. The summed E-state index contributed by atoms with van der Waals surface area (Å²) in [6.07, 6.45) is 7.40. The molecule has 0 N–H and O–H groups in total. The van der Waals surface area contributed by atoms with E-state index in [4.69, 9.17) is 13.3 Å².